The van der Waals surface area contributed by atoms with Crippen LogP contribution in [0.5, 0.6) is 0 Å². The average Bonchev–Trinajstić information content (AvgIpc) is 2.65. The first-order valence-corrected chi connectivity index (χ1v) is 8.95. The van der Waals surface area contributed by atoms with Crippen LogP contribution in [0.1, 0.15) is 47.3 Å². The van der Waals surface area contributed by atoms with Crippen LogP contribution in [0.3, 0.4) is 0 Å². The number of carbonyl (C=O) groups is 2. The summed E-state index contributed by atoms with van der Waals surface area (Å²) in [5, 5.41) is 8.75. The van der Waals surface area contributed by atoms with Crippen molar-refractivity contribution in [2.75, 3.05) is 20.1 Å². The van der Waals surface area contributed by atoms with Gasteiger partial charge in [-0.2, -0.15) is 0 Å². The summed E-state index contributed by atoms with van der Waals surface area (Å²) in [6, 6.07) is 1.81. The second-order valence-electron chi connectivity index (χ2n) is 7.63. The molecule has 0 aromatic carbocycles. The van der Waals surface area contributed by atoms with Gasteiger partial charge in [-0.1, -0.05) is 0 Å². The molecule has 134 valence electrons. The van der Waals surface area contributed by atoms with Crippen LogP contribution in [0, 0.1) is 5.92 Å². The van der Waals surface area contributed by atoms with Crippen molar-refractivity contribution in [3.63, 3.8) is 0 Å². The van der Waals surface area contributed by atoms with Gasteiger partial charge in [-0.15, -0.1) is 0 Å². The molecule has 3 aliphatic heterocycles. The van der Waals surface area contributed by atoms with E-state index in [1.54, 1.807) is 5.48 Å². The molecule has 0 radical (unpaired) electrons. The highest BCUT2D eigenvalue weighted by molar-refractivity contribution is 5.93. The topological polar surface area (TPSA) is 85.8 Å². The van der Waals surface area contributed by atoms with Gasteiger partial charge >= 0.3 is 0 Å². The first-order valence-electron chi connectivity index (χ1n) is 8.95. The number of fused-ring (bicyclic) bond motifs is 4. The van der Waals surface area contributed by atoms with Crippen molar-refractivity contribution in [1.82, 2.24) is 20.3 Å². The van der Waals surface area contributed by atoms with Gasteiger partial charge in [0.25, 0.3) is 5.91 Å². The molecule has 1 aromatic rings. The number of amides is 2. The average molecular weight is 344 g/mol. The molecular formula is C18H24N4O3. The molecule has 1 aliphatic carbocycles. The number of carbonyl (C=O) groups excluding carboxylic acids is 2. The Kier molecular flexibility index (Phi) is 4.00. The molecule has 2 bridgehead atoms. The van der Waals surface area contributed by atoms with Gasteiger partial charge in [0.15, 0.2) is 0 Å². The summed E-state index contributed by atoms with van der Waals surface area (Å²) in [5.41, 5.74) is 4.05. The fourth-order valence-corrected chi connectivity index (χ4v) is 4.72. The molecule has 4 heterocycles. The zero-order chi connectivity index (χ0) is 17.6. The molecule has 5 rings (SSSR count). The van der Waals surface area contributed by atoms with Crippen LogP contribution in [0.15, 0.2) is 12.3 Å². The van der Waals surface area contributed by atoms with Gasteiger partial charge in [-0.25, -0.2) is 5.48 Å². The summed E-state index contributed by atoms with van der Waals surface area (Å²) in [5.74, 6) is 0.0233. The molecule has 2 saturated heterocycles. The molecule has 2 N–H and O–H groups in total. The first-order chi connectivity index (χ1) is 12.0. The zero-order valence-electron chi connectivity index (χ0n) is 14.5. The van der Waals surface area contributed by atoms with Gasteiger partial charge in [0.2, 0.25) is 5.91 Å². The number of nitrogens with one attached hydrogen (secondary N) is 1. The lowest BCUT2D eigenvalue weighted by atomic mass is 9.70. The number of piperidine rings is 2. The van der Waals surface area contributed by atoms with E-state index in [4.69, 9.17) is 5.21 Å². The predicted octanol–water partition coefficient (Wildman–Crippen LogP) is 0.960. The molecule has 4 aliphatic rings. The number of hydrogen-bond acceptors (Lipinski definition) is 5. The van der Waals surface area contributed by atoms with Crippen LogP contribution in [-0.2, 0) is 17.8 Å². The van der Waals surface area contributed by atoms with Crippen molar-refractivity contribution in [2.24, 2.45) is 5.92 Å². The van der Waals surface area contributed by atoms with E-state index in [-0.39, 0.29) is 11.5 Å². The summed E-state index contributed by atoms with van der Waals surface area (Å²) in [6.07, 6.45) is 6.55. The minimum Gasteiger partial charge on any atom is -0.339 e. The van der Waals surface area contributed by atoms with Crippen molar-refractivity contribution in [3.8, 4) is 0 Å². The van der Waals surface area contributed by atoms with E-state index >= 15 is 0 Å². The number of hydrogen-bond donors (Lipinski definition) is 2. The Labute approximate surface area is 147 Å². The van der Waals surface area contributed by atoms with Gasteiger partial charge in [0, 0.05) is 38.8 Å². The summed E-state index contributed by atoms with van der Waals surface area (Å²) in [7, 11) is 1.96. The highest BCUT2D eigenvalue weighted by Gasteiger charge is 2.49. The number of pyridine rings is 1. The molecule has 0 spiro atoms. The lowest BCUT2D eigenvalue weighted by molar-refractivity contribution is -0.155. The minimum atomic E-state index is -0.532. The van der Waals surface area contributed by atoms with Crippen LogP contribution in [0.2, 0.25) is 0 Å². The van der Waals surface area contributed by atoms with Crippen LogP contribution in [-0.4, -0.2) is 57.5 Å². The normalized spacial score (nSPS) is 28.8. The Morgan fingerprint density at radius 1 is 1.44 bits per heavy atom. The lowest BCUT2D eigenvalue weighted by Crippen LogP contribution is -2.64. The van der Waals surface area contributed by atoms with E-state index in [1.165, 1.54) is 6.20 Å². The van der Waals surface area contributed by atoms with Crippen LogP contribution >= 0.6 is 0 Å². The number of nitrogens with zero attached hydrogens (tertiary/aromatic N) is 3. The van der Waals surface area contributed by atoms with Gasteiger partial charge in [0.1, 0.15) is 0 Å². The molecule has 1 saturated carbocycles. The van der Waals surface area contributed by atoms with Crippen molar-refractivity contribution in [3.05, 3.63) is 29.1 Å². The van der Waals surface area contributed by atoms with E-state index in [0.29, 0.717) is 11.5 Å². The quantitative estimate of drug-likeness (QED) is 0.630. The molecule has 0 unspecified atom stereocenters. The van der Waals surface area contributed by atoms with Crippen LogP contribution in [0.25, 0.3) is 0 Å². The Bertz CT molecular complexity index is 712. The van der Waals surface area contributed by atoms with Crippen LogP contribution in [0.4, 0.5) is 0 Å². The Morgan fingerprint density at radius 3 is 2.92 bits per heavy atom. The fourth-order valence-electron chi connectivity index (χ4n) is 4.72. The Hall–Kier alpha value is -1.99. The van der Waals surface area contributed by atoms with Crippen molar-refractivity contribution in [2.45, 2.75) is 44.2 Å². The molecule has 2 amide bonds. The monoisotopic (exact) mass is 344 g/mol. The van der Waals surface area contributed by atoms with Gasteiger partial charge in [-0.3, -0.25) is 24.7 Å². The predicted molar refractivity (Wildman–Crippen MR) is 89.9 cm³/mol. The van der Waals surface area contributed by atoms with Gasteiger partial charge in [0.05, 0.1) is 16.8 Å². The fraction of sp³-hybridized carbons (Fsp3) is 0.611. The summed E-state index contributed by atoms with van der Waals surface area (Å²) < 4.78 is 0. The van der Waals surface area contributed by atoms with Crippen LogP contribution < -0.4 is 5.48 Å². The third-order valence-electron chi connectivity index (χ3n) is 6.32. The maximum atomic E-state index is 12.4. The molecule has 1 aromatic heterocycles. The maximum absolute atomic E-state index is 12.4. The third kappa shape index (κ3) is 2.71. The zero-order valence-corrected chi connectivity index (χ0v) is 14.5. The first kappa shape index (κ1) is 16.5. The summed E-state index contributed by atoms with van der Waals surface area (Å²) in [6.45, 7) is 2.53. The van der Waals surface area contributed by atoms with Gasteiger partial charge in [-0.05, 0) is 43.7 Å². The second kappa shape index (κ2) is 6.07. The Morgan fingerprint density at radius 2 is 2.20 bits per heavy atom. The third-order valence-corrected chi connectivity index (χ3v) is 6.32. The SMILES string of the molecule is CN1C(=O)C2CCC1(CN1CCc3cc(C(=O)NO)cnc3C1)CC2. The lowest BCUT2D eigenvalue weighted by Gasteiger charge is -2.54. The van der Waals surface area contributed by atoms with Gasteiger partial charge < -0.3 is 4.90 Å². The highest BCUT2D eigenvalue weighted by Crippen LogP contribution is 2.43. The van der Waals surface area contributed by atoms with E-state index in [2.05, 4.69) is 9.88 Å². The second-order valence-corrected chi connectivity index (χ2v) is 7.63. The summed E-state index contributed by atoms with van der Waals surface area (Å²) in [4.78, 5) is 32.7. The van der Waals surface area contributed by atoms with Crippen molar-refractivity contribution < 1.29 is 14.8 Å². The molecular weight excluding hydrogens is 320 g/mol. The number of likely N-dealkylation sites (N-methyl/N-ethyl adjacent to an activating group) is 1. The van der Waals surface area contributed by atoms with Crippen molar-refractivity contribution in [1.29, 1.82) is 0 Å². The number of rotatable bonds is 3. The molecule has 7 nitrogen and oxygen atoms in total. The number of aromatic nitrogens is 1. The van der Waals surface area contributed by atoms with E-state index < -0.39 is 5.91 Å². The standard InChI is InChI=1S/C18H24N4O3/c1-21-17(24)12-2-5-18(21,6-3-12)11-22-7-4-13-8-14(16(23)20-25)9-19-15(13)10-22/h8-9,12,25H,2-7,10-11H2,1H3,(H,20,23). The highest BCUT2D eigenvalue weighted by atomic mass is 16.5. The van der Waals surface area contributed by atoms with Crippen molar-refractivity contribution >= 4 is 11.8 Å². The largest absolute Gasteiger partial charge is 0.339 e. The van der Waals surface area contributed by atoms with E-state index in [1.807, 2.05) is 18.0 Å². The number of hydroxylamine groups is 1. The summed E-state index contributed by atoms with van der Waals surface area (Å²) >= 11 is 0. The van der Waals surface area contributed by atoms with E-state index in [0.717, 1.165) is 63.0 Å². The van der Waals surface area contributed by atoms with E-state index in [9.17, 15) is 9.59 Å². The molecule has 25 heavy (non-hydrogen) atoms. The Balaban J connectivity index is 1.49. The molecule has 3 fully saturated rings. The molecule has 0 atom stereocenters. The maximum Gasteiger partial charge on any atom is 0.276 e. The molecule has 7 heteroatoms. The minimum absolute atomic E-state index is 0.0277. The smallest absolute Gasteiger partial charge is 0.276 e.